The van der Waals surface area contributed by atoms with Gasteiger partial charge in [-0.15, -0.1) is 0 Å². The molecule has 5 heteroatoms. The van der Waals surface area contributed by atoms with Crippen LogP contribution in [0.2, 0.25) is 39.3 Å². The Morgan fingerprint density at radius 1 is 0.800 bits per heavy atom. The molecule has 20 heavy (non-hydrogen) atoms. The predicted molar refractivity (Wildman–Crippen MR) is 89.9 cm³/mol. The Labute approximate surface area is 127 Å². The zero-order valence-electron chi connectivity index (χ0n) is 14.8. The van der Waals surface area contributed by atoms with Crippen molar-refractivity contribution in [3.8, 4) is 0 Å². The molecule has 1 fully saturated rings. The van der Waals surface area contributed by atoms with Gasteiger partial charge in [-0.3, -0.25) is 0 Å². The minimum atomic E-state index is -1.58. The van der Waals surface area contributed by atoms with Crippen LogP contribution >= 0.6 is 0 Å². The van der Waals surface area contributed by atoms with Crippen molar-refractivity contribution in [3.05, 3.63) is 0 Å². The van der Waals surface area contributed by atoms with E-state index >= 15 is 0 Å². The molecule has 0 bridgehead atoms. The van der Waals surface area contributed by atoms with Crippen molar-refractivity contribution >= 4 is 16.6 Å². The van der Waals surface area contributed by atoms with Crippen molar-refractivity contribution in [2.75, 3.05) is 6.61 Å². The molecule has 0 radical (unpaired) electrons. The van der Waals surface area contributed by atoms with Gasteiger partial charge in [-0.2, -0.15) is 0 Å². The summed E-state index contributed by atoms with van der Waals surface area (Å²) >= 11 is 0. The van der Waals surface area contributed by atoms with E-state index < -0.39 is 16.6 Å². The lowest BCUT2D eigenvalue weighted by Crippen LogP contribution is -2.51. The van der Waals surface area contributed by atoms with Crippen molar-refractivity contribution in [3.63, 3.8) is 0 Å². The highest BCUT2D eigenvalue weighted by molar-refractivity contribution is 6.70. The van der Waals surface area contributed by atoms with Crippen LogP contribution in [0.1, 0.15) is 20.8 Å². The Bertz CT molecular complexity index is 307. The maximum Gasteiger partial charge on any atom is 0.187 e. The summed E-state index contributed by atoms with van der Waals surface area (Å²) in [6.07, 6.45) is 0.0948. The van der Waals surface area contributed by atoms with Gasteiger partial charge in [-0.25, -0.2) is 0 Å². The molecule has 5 unspecified atom stereocenters. The summed E-state index contributed by atoms with van der Waals surface area (Å²) in [5, 5.41) is 0. The summed E-state index contributed by atoms with van der Waals surface area (Å²) in [4.78, 5) is 0. The maximum atomic E-state index is 6.26. The molecule has 120 valence electrons. The lowest BCUT2D eigenvalue weighted by Gasteiger charge is -2.45. The summed E-state index contributed by atoms with van der Waals surface area (Å²) in [6, 6.07) is 0. The molecule has 0 N–H and O–H groups in total. The average Bonchev–Trinajstić information content (AvgIpc) is 2.25. The van der Waals surface area contributed by atoms with Crippen LogP contribution < -0.4 is 0 Å². The molecule has 0 aromatic carbocycles. The zero-order valence-corrected chi connectivity index (χ0v) is 16.8. The summed E-state index contributed by atoms with van der Waals surface area (Å²) in [7, 11) is -3.08. The summed E-state index contributed by atoms with van der Waals surface area (Å²) in [6.45, 7) is 20.9. The molecule has 1 aliphatic heterocycles. The van der Waals surface area contributed by atoms with Crippen LogP contribution in [-0.2, 0) is 13.6 Å². The van der Waals surface area contributed by atoms with E-state index in [1.54, 1.807) is 0 Å². The van der Waals surface area contributed by atoms with Crippen LogP contribution in [0.5, 0.6) is 0 Å². The number of hydrogen-bond acceptors (Lipinski definition) is 3. The van der Waals surface area contributed by atoms with E-state index in [4.69, 9.17) is 13.6 Å². The SMILES string of the molecule is CC1C(CO[Si](C)(C)C)OC(O[Si](C)(C)C)C(C)C1C. The molecule has 1 aliphatic rings. The molecule has 1 heterocycles. The van der Waals surface area contributed by atoms with Crippen molar-refractivity contribution in [2.45, 2.75) is 72.4 Å². The monoisotopic (exact) mass is 318 g/mol. The fraction of sp³-hybridized carbons (Fsp3) is 1.00. The molecule has 0 saturated carbocycles. The van der Waals surface area contributed by atoms with Gasteiger partial charge >= 0.3 is 0 Å². The second kappa shape index (κ2) is 6.61. The van der Waals surface area contributed by atoms with Gasteiger partial charge in [0.15, 0.2) is 22.9 Å². The molecule has 5 atom stereocenters. The lowest BCUT2D eigenvalue weighted by atomic mass is 9.79. The van der Waals surface area contributed by atoms with Crippen LogP contribution in [0.15, 0.2) is 0 Å². The summed E-state index contributed by atoms with van der Waals surface area (Å²) in [5.41, 5.74) is 0. The minimum absolute atomic E-state index is 0.0666. The molecule has 0 aromatic rings. The standard InChI is InChI=1S/C15H34O3Si2/c1-11-12(2)14(10-16-19(4,5)6)17-15(13(11)3)18-20(7,8)9/h11-15H,10H2,1-9H3. The quantitative estimate of drug-likeness (QED) is 0.706. The third kappa shape index (κ3) is 5.60. The highest BCUT2D eigenvalue weighted by atomic mass is 28.4. The third-order valence-corrected chi connectivity index (χ3v) is 6.11. The molecule has 1 rings (SSSR count). The van der Waals surface area contributed by atoms with Crippen molar-refractivity contribution in [1.29, 1.82) is 0 Å². The van der Waals surface area contributed by atoms with Gasteiger partial charge in [-0.1, -0.05) is 20.8 Å². The van der Waals surface area contributed by atoms with Crippen molar-refractivity contribution in [1.82, 2.24) is 0 Å². The van der Waals surface area contributed by atoms with Gasteiger partial charge in [-0.05, 0) is 51.1 Å². The largest absolute Gasteiger partial charge is 0.415 e. The first-order chi connectivity index (χ1) is 8.91. The smallest absolute Gasteiger partial charge is 0.187 e. The normalized spacial score (nSPS) is 36.1. The van der Waals surface area contributed by atoms with E-state index in [1.807, 2.05) is 0 Å². The zero-order chi connectivity index (χ0) is 15.7. The van der Waals surface area contributed by atoms with Gasteiger partial charge in [0.1, 0.15) is 0 Å². The van der Waals surface area contributed by atoms with Crippen LogP contribution in [0, 0.1) is 17.8 Å². The van der Waals surface area contributed by atoms with Gasteiger partial charge in [0.25, 0.3) is 0 Å². The van der Waals surface area contributed by atoms with E-state index in [1.165, 1.54) is 0 Å². The molecule has 0 amide bonds. The van der Waals surface area contributed by atoms with Gasteiger partial charge in [0.2, 0.25) is 0 Å². The van der Waals surface area contributed by atoms with Crippen LogP contribution in [-0.4, -0.2) is 35.6 Å². The number of hydrogen-bond donors (Lipinski definition) is 0. The van der Waals surface area contributed by atoms with Crippen LogP contribution in [0.3, 0.4) is 0 Å². The van der Waals surface area contributed by atoms with E-state index in [0.717, 1.165) is 0 Å². The van der Waals surface area contributed by atoms with Crippen LogP contribution in [0.4, 0.5) is 0 Å². The fourth-order valence-electron chi connectivity index (χ4n) is 2.49. The molecule has 0 aliphatic carbocycles. The maximum absolute atomic E-state index is 6.26. The highest BCUT2D eigenvalue weighted by Crippen LogP contribution is 2.36. The molecule has 1 saturated heterocycles. The predicted octanol–water partition coefficient (Wildman–Crippen LogP) is 4.32. The molecule has 3 nitrogen and oxygen atoms in total. The first-order valence-corrected chi connectivity index (χ1v) is 14.7. The van der Waals surface area contributed by atoms with Crippen LogP contribution in [0.25, 0.3) is 0 Å². The number of ether oxygens (including phenoxy) is 1. The first kappa shape index (κ1) is 18.4. The second-order valence-electron chi connectivity index (χ2n) is 8.27. The van der Waals surface area contributed by atoms with E-state index in [-0.39, 0.29) is 12.4 Å². The van der Waals surface area contributed by atoms with E-state index in [9.17, 15) is 0 Å². The lowest BCUT2D eigenvalue weighted by molar-refractivity contribution is -0.222. The fourth-order valence-corrected chi connectivity index (χ4v) is 4.12. The Kier molecular flexibility index (Phi) is 6.07. The third-order valence-electron chi connectivity index (χ3n) is 4.13. The van der Waals surface area contributed by atoms with E-state index in [0.29, 0.717) is 24.4 Å². The summed E-state index contributed by atoms with van der Waals surface area (Å²) in [5.74, 6) is 1.56. The highest BCUT2D eigenvalue weighted by Gasteiger charge is 2.41. The Hall–Kier alpha value is 0.314. The molecular weight excluding hydrogens is 284 g/mol. The number of rotatable bonds is 5. The minimum Gasteiger partial charge on any atom is -0.415 e. The van der Waals surface area contributed by atoms with Gasteiger partial charge in [0.05, 0.1) is 12.7 Å². The topological polar surface area (TPSA) is 27.7 Å². The Morgan fingerprint density at radius 2 is 1.35 bits per heavy atom. The Balaban J connectivity index is 2.71. The molecule has 0 spiro atoms. The molecule has 0 aromatic heterocycles. The van der Waals surface area contributed by atoms with Crippen molar-refractivity contribution in [2.24, 2.45) is 17.8 Å². The van der Waals surface area contributed by atoms with Gasteiger partial charge in [0, 0.05) is 5.92 Å². The van der Waals surface area contributed by atoms with Gasteiger partial charge < -0.3 is 13.6 Å². The van der Waals surface area contributed by atoms with Crippen molar-refractivity contribution < 1.29 is 13.6 Å². The average molecular weight is 319 g/mol. The molecular formula is C15H34O3Si2. The summed E-state index contributed by atoms with van der Waals surface area (Å²) < 4.78 is 18.6. The second-order valence-corrected chi connectivity index (χ2v) is 17.2. The Morgan fingerprint density at radius 3 is 1.80 bits per heavy atom. The van der Waals surface area contributed by atoms with E-state index in [2.05, 4.69) is 60.1 Å². The first-order valence-electron chi connectivity index (χ1n) is 7.88.